The quantitative estimate of drug-likeness (QED) is 0.626. The minimum Gasteiger partial charge on any atom is -0.493 e. The van der Waals surface area contributed by atoms with Crippen molar-refractivity contribution in [3.8, 4) is 5.75 Å². The van der Waals surface area contributed by atoms with E-state index >= 15 is 0 Å². The molecule has 4 rings (SSSR count). The molecular weight excluding hydrogens is 396 g/mol. The van der Waals surface area contributed by atoms with Gasteiger partial charge in [0.05, 0.1) is 13.2 Å². The van der Waals surface area contributed by atoms with Crippen molar-refractivity contribution < 1.29 is 14.6 Å². The van der Waals surface area contributed by atoms with Crippen LogP contribution in [0.1, 0.15) is 30.9 Å². The van der Waals surface area contributed by atoms with Gasteiger partial charge in [0.25, 0.3) is 0 Å². The lowest BCUT2D eigenvalue weighted by Crippen LogP contribution is -2.21. The highest BCUT2D eigenvalue weighted by Gasteiger charge is 2.36. The van der Waals surface area contributed by atoms with Crippen LogP contribution in [0.4, 0.5) is 0 Å². The van der Waals surface area contributed by atoms with Crippen molar-refractivity contribution in [3.63, 3.8) is 0 Å². The zero-order valence-corrected chi connectivity index (χ0v) is 17.8. The Morgan fingerprint density at radius 1 is 1.33 bits per heavy atom. The maximum atomic E-state index is 11.0. The molecule has 1 N–H and O–H groups in total. The molecular formula is C24H26N2O3S. The fraction of sp³-hybridized carbons (Fsp3) is 0.333. The fourth-order valence-corrected chi connectivity index (χ4v) is 5.24. The van der Waals surface area contributed by atoms with Crippen LogP contribution in [0.15, 0.2) is 71.9 Å². The van der Waals surface area contributed by atoms with Crippen LogP contribution in [0, 0.1) is 5.41 Å². The van der Waals surface area contributed by atoms with Gasteiger partial charge in [-0.1, -0.05) is 49.4 Å². The van der Waals surface area contributed by atoms with Crippen molar-refractivity contribution in [3.05, 3.63) is 83.1 Å². The predicted molar refractivity (Wildman–Crippen MR) is 120 cm³/mol. The molecule has 30 heavy (non-hydrogen) atoms. The Morgan fingerprint density at radius 3 is 3.00 bits per heavy atom. The lowest BCUT2D eigenvalue weighted by Gasteiger charge is -2.25. The average Bonchev–Trinajstić information content (AvgIpc) is 3.33. The first kappa shape index (κ1) is 20.5. The molecule has 0 saturated heterocycles. The van der Waals surface area contributed by atoms with E-state index in [0.717, 1.165) is 23.3 Å². The number of aliphatic carboxylic acids is 1. The second-order valence-corrected chi connectivity index (χ2v) is 9.17. The van der Waals surface area contributed by atoms with E-state index in [-0.39, 0.29) is 11.8 Å². The van der Waals surface area contributed by atoms with Crippen molar-refractivity contribution >= 4 is 17.7 Å². The molecule has 5 nitrogen and oxygen atoms in total. The first-order valence-electron chi connectivity index (χ1n) is 10.2. The third-order valence-electron chi connectivity index (χ3n) is 5.47. The number of hydrogen-bond acceptors (Lipinski definition) is 4. The smallest absolute Gasteiger partial charge is 0.303 e. The summed E-state index contributed by atoms with van der Waals surface area (Å²) in [5, 5.41) is 13.8. The summed E-state index contributed by atoms with van der Waals surface area (Å²) in [6, 6.07) is 7.91. The number of nitrogens with zero attached hydrogens (tertiary/aromatic N) is 2. The maximum Gasteiger partial charge on any atom is 0.303 e. The average molecular weight is 423 g/mol. The highest BCUT2D eigenvalue weighted by Crippen LogP contribution is 2.49. The van der Waals surface area contributed by atoms with Crippen LogP contribution < -0.4 is 4.74 Å². The van der Waals surface area contributed by atoms with Crippen molar-refractivity contribution in [1.29, 1.82) is 0 Å². The molecule has 1 aliphatic carbocycles. The summed E-state index contributed by atoms with van der Waals surface area (Å²) >= 11 is 1.91. The summed E-state index contributed by atoms with van der Waals surface area (Å²) in [6.07, 6.45) is 16.2. The van der Waals surface area contributed by atoms with Gasteiger partial charge in [-0.3, -0.25) is 9.48 Å². The van der Waals surface area contributed by atoms with Crippen molar-refractivity contribution in [2.24, 2.45) is 5.41 Å². The molecule has 0 amide bonds. The summed E-state index contributed by atoms with van der Waals surface area (Å²) in [7, 11) is 0. The molecule has 156 valence electrons. The number of carboxylic acids is 1. The monoisotopic (exact) mass is 422 g/mol. The molecule has 2 unspecified atom stereocenters. The van der Waals surface area contributed by atoms with Gasteiger partial charge in [0.1, 0.15) is 5.75 Å². The number of hydrogen-bond donors (Lipinski definition) is 1. The number of rotatable bonds is 9. The highest BCUT2D eigenvalue weighted by molar-refractivity contribution is 8.04. The number of aromatic nitrogens is 2. The second kappa shape index (κ2) is 8.96. The molecule has 2 heterocycles. The number of aryl methyl sites for hydroxylation is 1. The van der Waals surface area contributed by atoms with Gasteiger partial charge in [0.15, 0.2) is 0 Å². The van der Waals surface area contributed by atoms with E-state index in [1.54, 1.807) is 6.20 Å². The van der Waals surface area contributed by atoms with E-state index in [2.05, 4.69) is 42.4 Å². The first-order chi connectivity index (χ1) is 14.5. The summed E-state index contributed by atoms with van der Waals surface area (Å²) in [6.45, 7) is 3.49. The predicted octanol–water partition coefficient (Wildman–Crippen LogP) is 4.85. The Labute approximate surface area is 181 Å². The van der Waals surface area contributed by atoms with Crippen molar-refractivity contribution in [2.75, 3.05) is 6.61 Å². The SMILES string of the molecule is CC12C=CC=CC1SC(CCOc1cc(Cn3cccn3)ccc1CCC(=O)O)=C2. The van der Waals surface area contributed by atoms with Gasteiger partial charge in [0, 0.05) is 35.9 Å². The Balaban J connectivity index is 1.43. The molecule has 0 fully saturated rings. The van der Waals surface area contributed by atoms with Crippen LogP contribution in [-0.2, 0) is 17.8 Å². The molecule has 0 saturated carbocycles. The standard InChI is InChI=1S/C24H26N2O3S/c1-24-11-3-2-5-22(24)30-20(16-24)10-14-29-21-15-18(17-26-13-4-12-25-26)6-7-19(21)8-9-23(27)28/h2-7,11-13,15-16,22H,8-10,14,17H2,1H3,(H,27,28). The third kappa shape index (κ3) is 4.87. The summed E-state index contributed by atoms with van der Waals surface area (Å²) < 4.78 is 8.03. The van der Waals surface area contributed by atoms with Gasteiger partial charge < -0.3 is 9.84 Å². The van der Waals surface area contributed by atoms with E-state index < -0.39 is 5.97 Å². The molecule has 6 heteroatoms. The highest BCUT2D eigenvalue weighted by atomic mass is 32.2. The molecule has 1 aromatic heterocycles. The van der Waals surface area contributed by atoms with Gasteiger partial charge in [-0.15, -0.1) is 11.8 Å². The summed E-state index contributed by atoms with van der Waals surface area (Å²) in [5.74, 6) is -0.0287. The minimum absolute atomic E-state index is 0.0884. The topological polar surface area (TPSA) is 64.4 Å². The van der Waals surface area contributed by atoms with Crippen LogP contribution in [0.2, 0.25) is 0 Å². The zero-order chi connectivity index (χ0) is 21.0. The van der Waals surface area contributed by atoms with Crippen LogP contribution in [-0.4, -0.2) is 32.7 Å². The minimum atomic E-state index is -0.800. The van der Waals surface area contributed by atoms with Crippen LogP contribution >= 0.6 is 11.8 Å². The van der Waals surface area contributed by atoms with E-state index in [9.17, 15) is 4.79 Å². The van der Waals surface area contributed by atoms with Gasteiger partial charge in [0.2, 0.25) is 0 Å². The lowest BCUT2D eigenvalue weighted by atomic mass is 9.83. The van der Waals surface area contributed by atoms with Gasteiger partial charge in [-0.05, 0) is 34.6 Å². The van der Waals surface area contributed by atoms with E-state index in [1.165, 1.54) is 4.91 Å². The number of carboxylic acid groups (broad SMARTS) is 1. The number of benzene rings is 1. The number of thioether (sulfide) groups is 1. The summed E-state index contributed by atoms with van der Waals surface area (Å²) in [5.41, 5.74) is 2.10. The number of ether oxygens (including phenoxy) is 1. The molecule has 1 aliphatic heterocycles. The van der Waals surface area contributed by atoms with Crippen LogP contribution in [0.3, 0.4) is 0 Å². The van der Waals surface area contributed by atoms with E-state index in [0.29, 0.717) is 24.8 Å². The molecule has 2 aromatic rings. The number of allylic oxidation sites excluding steroid dienone is 4. The Hall–Kier alpha value is -2.73. The van der Waals surface area contributed by atoms with Gasteiger partial charge in [-0.2, -0.15) is 5.10 Å². The molecule has 0 spiro atoms. The normalized spacial score (nSPS) is 22.0. The Kier molecular flexibility index (Phi) is 6.13. The van der Waals surface area contributed by atoms with Gasteiger partial charge >= 0.3 is 5.97 Å². The van der Waals surface area contributed by atoms with E-state index in [1.807, 2.05) is 46.9 Å². The van der Waals surface area contributed by atoms with Crippen molar-refractivity contribution in [1.82, 2.24) is 9.78 Å². The zero-order valence-electron chi connectivity index (χ0n) is 17.0. The molecule has 0 radical (unpaired) electrons. The first-order valence-corrected chi connectivity index (χ1v) is 11.1. The third-order valence-corrected chi connectivity index (χ3v) is 7.01. The Bertz CT molecular complexity index is 994. The Morgan fingerprint density at radius 2 is 2.23 bits per heavy atom. The lowest BCUT2D eigenvalue weighted by molar-refractivity contribution is -0.136. The summed E-state index contributed by atoms with van der Waals surface area (Å²) in [4.78, 5) is 12.4. The largest absolute Gasteiger partial charge is 0.493 e. The molecule has 1 aromatic carbocycles. The number of fused-ring (bicyclic) bond motifs is 1. The molecule has 0 bridgehead atoms. The number of carbonyl (C=O) groups is 1. The second-order valence-electron chi connectivity index (χ2n) is 7.90. The van der Waals surface area contributed by atoms with Gasteiger partial charge in [-0.25, -0.2) is 0 Å². The van der Waals surface area contributed by atoms with Crippen LogP contribution in [0.25, 0.3) is 0 Å². The molecule has 2 aliphatic rings. The van der Waals surface area contributed by atoms with Crippen LogP contribution in [0.5, 0.6) is 5.75 Å². The molecule has 2 atom stereocenters. The fourth-order valence-electron chi connectivity index (χ4n) is 3.82. The van der Waals surface area contributed by atoms with Crippen molar-refractivity contribution in [2.45, 2.75) is 38.0 Å². The van der Waals surface area contributed by atoms with E-state index in [4.69, 9.17) is 9.84 Å². The maximum absolute atomic E-state index is 11.0.